The van der Waals surface area contributed by atoms with Crippen LogP contribution in [0.15, 0.2) is 109 Å². The van der Waals surface area contributed by atoms with Gasteiger partial charge in [0.15, 0.2) is 5.78 Å². The molecule has 1 aliphatic rings. The molecule has 0 aliphatic carbocycles. The molecule has 6 heteroatoms. The minimum absolute atomic E-state index is 0.157. The zero-order valence-corrected chi connectivity index (χ0v) is 23.6. The van der Waals surface area contributed by atoms with Crippen molar-refractivity contribution in [3.63, 3.8) is 0 Å². The number of para-hydroxylation sites is 1. The molecule has 0 N–H and O–H groups in total. The minimum atomic E-state index is -0.371. The summed E-state index contributed by atoms with van der Waals surface area (Å²) in [6.07, 6.45) is 5.98. The van der Waals surface area contributed by atoms with Crippen LogP contribution in [-0.4, -0.2) is 21.2 Å². The Morgan fingerprint density at radius 3 is 2.41 bits per heavy atom. The maximum absolute atomic E-state index is 13.7. The summed E-state index contributed by atoms with van der Waals surface area (Å²) in [7, 11) is 0. The van der Waals surface area contributed by atoms with Gasteiger partial charge in [-0.05, 0) is 68.0 Å². The number of hydrogen-bond acceptors (Lipinski definition) is 4. The topological polar surface area (TPSA) is 53.4 Å². The second kappa shape index (κ2) is 11.1. The van der Waals surface area contributed by atoms with E-state index in [0.717, 1.165) is 39.4 Å². The quantitative estimate of drug-likeness (QED) is 0.141. The van der Waals surface area contributed by atoms with Gasteiger partial charge in [0.05, 0.1) is 16.9 Å². The van der Waals surface area contributed by atoms with Crippen LogP contribution < -0.4 is 9.47 Å². The number of halogens is 1. The monoisotopic (exact) mass is 560 g/mol. The second-order valence-corrected chi connectivity index (χ2v) is 11.1. The van der Waals surface area contributed by atoms with Crippen molar-refractivity contribution in [1.29, 1.82) is 0 Å². The fraction of sp³-hybridized carbons (Fsp3) is 0.143. The third-order valence-corrected chi connectivity index (χ3v) is 7.24. The molecule has 2 heterocycles. The van der Waals surface area contributed by atoms with E-state index in [2.05, 4.69) is 0 Å². The first-order valence-electron chi connectivity index (χ1n) is 13.5. The first-order valence-corrected chi connectivity index (χ1v) is 13.9. The number of benzene rings is 4. The molecule has 0 atom stereocenters. The SMILES string of the molecule is CC1(C)Cc2c(ccc(C(=O)/C=C/c3cn(-c4ccccc4)nc3-c3ccc(Cl)cc3)c2OCc2ccccc2)O1. The van der Waals surface area contributed by atoms with Gasteiger partial charge < -0.3 is 9.47 Å². The highest BCUT2D eigenvalue weighted by Gasteiger charge is 2.34. The number of ether oxygens (including phenoxy) is 2. The van der Waals surface area contributed by atoms with Gasteiger partial charge in [0.2, 0.25) is 0 Å². The molecular weight excluding hydrogens is 532 g/mol. The lowest BCUT2D eigenvalue weighted by molar-refractivity contribution is 0.104. The summed E-state index contributed by atoms with van der Waals surface area (Å²) in [6.45, 7) is 4.43. The molecule has 0 saturated heterocycles. The molecule has 1 aromatic heterocycles. The summed E-state index contributed by atoms with van der Waals surface area (Å²) >= 11 is 6.14. The zero-order valence-electron chi connectivity index (χ0n) is 22.9. The Hall–Kier alpha value is -4.61. The summed E-state index contributed by atoms with van der Waals surface area (Å²) in [5.41, 5.74) is 5.46. The highest BCUT2D eigenvalue weighted by Crippen LogP contribution is 2.43. The van der Waals surface area contributed by atoms with E-state index in [9.17, 15) is 4.79 Å². The lowest BCUT2D eigenvalue weighted by Gasteiger charge is -2.16. The lowest BCUT2D eigenvalue weighted by Crippen LogP contribution is -2.24. The third-order valence-electron chi connectivity index (χ3n) is 6.99. The molecule has 0 radical (unpaired) electrons. The highest BCUT2D eigenvalue weighted by atomic mass is 35.5. The van der Waals surface area contributed by atoms with Gasteiger partial charge in [0, 0.05) is 34.3 Å². The van der Waals surface area contributed by atoms with Gasteiger partial charge in [-0.25, -0.2) is 4.68 Å². The van der Waals surface area contributed by atoms with Crippen molar-refractivity contribution in [2.75, 3.05) is 0 Å². The van der Waals surface area contributed by atoms with E-state index in [0.29, 0.717) is 29.4 Å². The van der Waals surface area contributed by atoms with Crippen LogP contribution in [0, 0.1) is 0 Å². The number of rotatable bonds is 8. The van der Waals surface area contributed by atoms with Gasteiger partial charge in [-0.15, -0.1) is 0 Å². The van der Waals surface area contributed by atoms with Crippen LogP contribution in [0.25, 0.3) is 23.0 Å². The molecule has 0 unspecified atom stereocenters. The van der Waals surface area contributed by atoms with E-state index < -0.39 is 0 Å². The Labute approximate surface area is 244 Å². The van der Waals surface area contributed by atoms with E-state index in [-0.39, 0.29) is 11.4 Å². The molecule has 5 nitrogen and oxygen atoms in total. The summed E-state index contributed by atoms with van der Waals surface area (Å²) in [6, 6.07) is 31.0. The van der Waals surface area contributed by atoms with Crippen molar-refractivity contribution in [1.82, 2.24) is 9.78 Å². The molecule has 1 aliphatic heterocycles. The van der Waals surface area contributed by atoms with Crippen molar-refractivity contribution in [3.05, 3.63) is 137 Å². The summed E-state index contributed by atoms with van der Waals surface area (Å²) in [5.74, 6) is 1.17. The van der Waals surface area contributed by atoms with Gasteiger partial charge >= 0.3 is 0 Å². The van der Waals surface area contributed by atoms with Gasteiger partial charge in [0.25, 0.3) is 0 Å². The molecule has 41 heavy (non-hydrogen) atoms. The van der Waals surface area contributed by atoms with Crippen molar-refractivity contribution in [2.45, 2.75) is 32.5 Å². The number of carbonyl (C=O) groups is 1. The first-order chi connectivity index (χ1) is 19.9. The fourth-order valence-corrected chi connectivity index (χ4v) is 5.16. The summed E-state index contributed by atoms with van der Waals surface area (Å²) < 4.78 is 14.3. The number of ketones is 1. The molecule has 0 amide bonds. The Morgan fingerprint density at radius 1 is 0.976 bits per heavy atom. The van der Waals surface area contributed by atoms with Crippen molar-refractivity contribution >= 4 is 23.5 Å². The first kappa shape index (κ1) is 26.6. The van der Waals surface area contributed by atoms with Crippen LogP contribution >= 0.6 is 11.6 Å². The maximum atomic E-state index is 13.7. The summed E-state index contributed by atoms with van der Waals surface area (Å²) in [5, 5.41) is 5.49. The zero-order chi connectivity index (χ0) is 28.4. The van der Waals surface area contributed by atoms with Gasteiger partial charge in [0.1, 0.15) is 23.7 Å². The maximum Gasteiger partial charge on any atom is 0.189 e. The number of allylic oxidation sites excluding steroid dienone is 1. The predicted molar refractivity (Wildman–Crippen MR) is 163 cm³/mol. The largest absolute Gasteiger partial charge is 0.488 e. The van der Waals surface area contributed by atoms with E-state index >= 15 is 0 Å². The molecule has 5 aromatic rings. The van der Waals surface area contributed by atoms with E-state index in [1.165, 1.54) is 0 Å². The fourth-order valence-electron chi connectivity index (χ4n) is 5.03. The average molecular weight is 561 g/mol. The molecule has 6 rings (SSSR count). The van der Waals surface area contributed by atoms with Gasteiger partial charge in [-0.1, -0.05) is 72.3 Å². The summed E-state index contributed by atoms with van der Waals surface area (Å²) in [4.78, 5) is 13.7. The Balaban J connectivity index is 1.36. The van der Waals surface area contributed by atoms with Crippen molar-refractivity contribution in [3.8, 4) is 28.4 Å². The standard InChI is InChI=1S/C35H29ClN2O3/c1-35(2)21-30-32(41-35)20-18-29(34(30)40-23-24-9-5-3-6-10-24)31(39)19-15-26-22-38(28-11-7-4-8-12-28)37-33(26)25-13-16-27(36)17-14-25/h3-20,22H,21,23H2,1-2H3/b19-15+. The average Bonchev–Trinajstić information content (AvgIpc) is 3.55. The molecular formula is C35H29ClN2O3. The van der Waals surface area contributed by atoms with Crippen molar-refractivity contribution in [2.24, 2.45) is 0 Å². The molecule has 0 fully saturated rings. The second-order valence-electron chi connectivity index (χ2n) is 10.6. The third kappa shape index (κ3) is 5.81. The normalized spacial score (nSPS) is 13.6. The molecule has 4 aromatic carbocycles. The number of hydrogen-bond donors (Lipinski definition) is 0. The van der Waals surface area contributed by atoms with Crippen LogP contribution in [0.1, 0.15) is 40.9 Å². The van der Waals surface area contributed by atoms with Gasteiger partial charge in [-0.2, -0.15) is 5.10 Å². The number of carbonyl (C=O) groups excluding carboxylic acids is 1. The number of nitrogens with zero attached hydrogens (tertiary/aromatic N) is 2. The van der Waals surface area contributed by atoms with Crippen LogP contribution in [-0.2, 0) is 13.0 Å². The van der Waals surface area contributed by atoms with Crippen LogP contribution in [0.2, 0.25) is 5.02 Å². The Morgan fingerprint density at radius 2 is 1.68 bits per heavy atom. The molecule has 0 bridgehead atoms. The van der Waals surface area contributed by atoms with Crippen LogP contribution in [0.3, 0.4) is 0 Å². The van der Waals surface area contributed by atoms with E-state index in [4.69, 9.17) is 26.2 Å². The van der Waals surface area contributed by atoms with Crippen LogP contribution in [0.5, 0.6) is 11.5 Å². The lowest BCUT2D eigenvalue weighted by atomic mass is 9.97. The van der Waals surface area contributed by atoms with E-state index in [1.54, 1.807) is 12.1 Å². The Kier molecular flexibility index (Phi) is 7.21. The smallest absolute Gasteiger partial charge is 0.189 e. The van der Waals surface area contributed by atoms with Crippen molar-refractivity contribution < 1.29 is 14.3 Å². The number of fused-ring (bicyclic) bond motifs is 1. The Bertz CT molecular complexity index is 1720. The van der Waals surface area contributed by atoms with Crippen LogP contribution in [0.4, 0.5) is 0 Å². The van der Waals surface area contributed by atoms with Gasteiger partial charge in [-0.3, -0.25) is 4.79 Å². The highest BCUT2D eigenvalue weighted by molar-refractivity contribution is 6.30. The molecule has 0 saturated carbocycles. The van der Waals surface area contributed by atoms with E-state index in [1.807, 2.05) is 122 Å². The molecule has 204 valence electrons. The minimum Gasteiger partial charge on any atom is -0.488 e. The predicted octanol–water partition coefficient (Wildman–Crippen LogP) is 8.38. The number of aromatic nitrogens is 2. The molecule has 0 spiro atoms.